The van der Waals surface area contributed by atoms with Gasteiger partial charge in [0.25, 0.3) is 0 Å². The Bertz CT molecular complexity index is 889. The molecule has 2 aromatic heterocycles. The molecule has 1 saturated carbocycles. The van der Waals surface area contributed by atoms with Crippen LogP contribution in [0.15, 0.2) is 46.8 Å². The van der Waals surface area contributed by atoms with Crippen LogP contribution in [0.5, 0.6) is 0 Å². The molecule has 0 atom stereocenters. The van der Waals surface area contributed by atoms with Crippen molar-refractivity contribution >= 4 is 39.9 Å². The van der Waals surface area contributed by atoms with Gasteiger partial charge in [-0.25, -0.2) is 9.97 Å². The van der Waals surface area contributed by atoms with E-state index in [1.54, 1.807) is 11.3 Å². The van der Waals surface area contributed by atoms with E-state index in [0.717, 1.165) is 39.5 Å². The number of fused-ring (bicyclic) bond motifs is 1. The summed E-state index contributed by atoms with van der Waals surface area (Å²) in [6.07, 6.45) is 5.95. The van der Waals surface area contributed by atoms with E-state index in [2.05, 4.69) is 10.3 Å². The number of carbonyl (C=O) groups excluding carboxylic acids is 1. The largest absolute Gasteiger partial charge is 0.353 e. The van der Waals surface area contributed by atoms with Gasteiger partial charge in [0.05, 0.1) is 16.1 Å². The van der Waals surface area contributed by atoms with Crippen LogP contribution in [0.25, 0.3) is 21.6 Å². The molecule has 26 heavy (non-hydrogen) atoms. The van der Waals surface area contributed by atoms with Crippen molar-refractivity contribution in [1.29, 1.82) is 0 Å². The predicted octanol–water partition coefficient (Wildman–Crippen LogP) is 4.90. The normalized spacial score (nSPS) is 15.2. The highest BCUT2D eigenvalue weighted by Gasteiger charge is 2.17. The average Bonchev–Trinajstić information content (AvgIpc) is 3.21. The van der Waals surface area contributed by atoms with E-state index in [1.165, 1.54) is 31.0 Å². The number of nitrogens with one attached hydrogen (secondary N) is 1. The van der Waals surface area contributed by atoms with Gasteiger partial charge in [0.2, 0.25) is 5.91 Å². The van der Waals surface area contributed by atoms with Crippen molar-refractivity contribution in [3.63, 3.8) is 0 Å². The smallest absolute Gasteiger partial charge is 0.230 e. The van der Waals surface area contributed by atoms with Crippen molar-refractivity contribution in [1.82, 2.24) is 15.3 Å². The third kappa shape index (κ3) is 4.07. The highest BCUT2D eigenvalue weighted by Crippen LogP contribution is 2.30. The average molecular weight is 384 g/mol. The summed E-state index contributed by atoms with van der Waals surface area (Å²) in [6.45, 7) is 0. The van der Waals surface area contributed by atoms with Crippen molar-refractivity contribution in [3.8, 4) is 10.7 Å². The van der Waals surface area contributed by atoms with E-state index in [9.17, 15) is 4.79 Å². The lowest BCUT2D eigenvalue weighted by molar-refractivity contribution is -0.119. The van der Waals surface area contributed by atoms with Gasteiger partial charge in [0, 0.05) is 11.4 Å². The lowest BCUT2D eigenvalue weighted by Crippen LogP contribution is -2.37. The lowest BCUT2D eigenvalue weighted by Gasteiger charge is -2.22. The maximum Gasteiger partial charge on any atom is 0.230 e. The van der Waals surface area contributed by atoms with Crippen LogP contribution in [0.2, 0.25) is 0 Å². The molecule has 1 aromatic carbocycles. The molecule has 134 valence electrons. The fourth-order valence-electron chi connectivity index (χ4n) is 3.32. The zero-order chi connectivity index (χ0) is 17.8. The predicted molar refractivity (Wildman–Crippen MR) is 109 cm³/mol. The lowest BCUT2D eigenvalue weighted by atomic mass is 9.95. The molecule has 0 spiro atoms. The Labute approximate surface area is 161 Å². The van der Waals surface area contributed by atoms with Gasteiger partial charge in [0.1, 0.15) is 5.03 Å². The number of hydrogen-bond donors (Lipinski definition) is 1. The molecule has 6 heteroatoms. The first-order chi connectivity index (χ1) is 12.8. The third-order valence-corrected chi connectivity index (χ3v) is 6.48. The number of thiophene rings is 1. The second-order valence-corrected chi connectivity index (χ2v) is 8.45. The first-order valence-corrected chi connectivity index (χ1v) is 10.9. The highest BCUT2D eigenvalue weighted by atomic mass is 32.2. The summed E-state index contributed by atoms with van der Waals surface area (Å²) in [6, 6.07) is 12.4. The first-order valence-electron chi connectivity index (χ1n) is 9.02. The molecule has 1 aliphatic rings. The van der Waals surface area contributed by atoms with Gasteiger partial charge in [-0.2, -0.15) is 0 Å². The molecule has 0 unspecified atom stereocenters. The minimum Gasteiger partial charge on any atom is -0.353 e. The van der Waals surface area contributed by atoms with E-state index in [-0.39, 0.29) is 5.91 Å². The molecule has 4 rings (SSSR count). The van der Waals surface area contributed by atoms with Crippen LogP contribution in [0.1, 0.15) is 32.1 Å². The molecule has 4 nitrogen and oxygen atoms in total. The molecule has 0 saturated heterocycles. The third-order valence-electron chi connectivity index (χ3n) is 4.62. The van der Waals surface area contributed by atoms with E-state index in [1.807, 2.05) is 41.8 Å². The maximum absolute atomic E-state index is 12.4. The molecule has 0 radical (unpaired) electrons. The maximum atomic E-state index is 12.4. The van der Waals surface area contributed by atoms with E-state index < -0.39 is 0 Å². The van der Waals surface area contributed by atoms with Gasteiger partial charge in [-0.05, 0) is 30.4 Å². The topological polar surface area (TPSA) is 54.9 Å². The molecule has 1 aliphatic carbocycles. The van der Waals surface area contributed by atoms with E-state index >= 15 is 0 Å². The number of carbonyl (C=O) groups is 1. The van der Waals surface area contributed by atoms with Crippen LogP contribution < -0.4 is 5.32 Å². The number of para-hydroxylation sites is 1. The van der Waals surface area contributed by atoms with Gasteiger partial charge in [-0.3, -0.25) is 4.79 Å². The summed E-state index contributed by atoms with van der Waals surface area (Å²) in [5.41, 5.74) is 0.918. The summed E-state index contributed by atoms with van der Waals surface area (Å²) in [7, 11) is 0. The molecule has 2 heterocycles. The van der Waals surface area contributed by atoms with Crippen LogP contribution in [0.3, 0.4) is 0 Å². The van der Waals surface area contributed by atoms with Crippen LogP contribution in [-0.4, -0.2) is 27.7 Å². The van der Waals surface area contributed by atoms with Gasteiger partial charge in [-0.15, -0.1) is 11.3 Å². The number of nitrogens with zero attached hydrogens (tertiary/aromatic N) is 2. The molecule has 1 fully saturated rings. The van der Waals surface area contributed by atoms with Crippen LogP contribution in [-0.2, 0) is 4.79 Å². The Morgan fingerprint density at radius 2 is 1.96 bits per heavy atom. The van der Waals surface area contributed by atoms with Crippen molar-refractivity contribution in [2.24, 2.45) is 0 Å². The van der Waals surface area contributed by atoms with Crippen molar-refractivity contribution < 1.29 is 4.79 Å². The Morgan fingerprint density at radius 3 is 2.77 bits per heavy atom. The monoisotopic (exact) mass is 383 g/mol. The Balaban J connectivity index is 1.52. The van der Waals surface area contributed by atoms with Crippen molar-refractivity contribution in [3.05, 3.63) is 41.8 Å². The van der Waals surface area contributed by atoms with Crippen LogP contribution in [0.4, 0.5) is 0 Å². The molecule has 3 aromatic rings. The molecule has 1 N–H and O–H groups in total. The second kappa shape index (κ2) is 8.18. The van der Waals surface area contributed by atoms with Gasteiger partial charge >= 0.3 is 0 Å². The number of benzene rings is 1. The Morgan fingerprint density at radius 1 is 1.12 bits per heavy atom. The molecule has 0 bridgehead atoms. The van der Waals surface area contributed by atoms with Gasteiger partial charge in [-0.1, -0.05) is 55.3 Å². The summed E-state index contributed by atoms with van der Waals surface area (Å²) in [5, 5.41) is 7.08. The minimum atomic E-state index is 0.0993. The molecule has 1 amide bonds. The zero-order valence-electron chi connectivity index (χ0n) is 14.5. The quantitative estimate of drug-likeness (QED) is 0.503. The SMILES string of the molecule is O=C(CSc1nc(-c2cccs2)nc2ccccc12)NC1CCCCC1. The fourth-order valence-corrected chi connectivity index (χ4v) is 4.81. The molecule has 0 aliphatic heterocycles. The zero-order valence-corrected chi connectivity index (χ0v) is 16.1. The summed E-state index contributed by atoms with van der Waals surface area (Å²) >= 11 is 3.13. The Kier molecular flexibility index (Phi) is 5.51. The van der Waals surface area contributed by atoms with Gasteiger partial charge < -0.3 is 5.32 Å². The molecular weight excluding hydrogens is 362 g/mol. The number of amides is 1. The number of thioether (sulfide) groups is 1. The van der Waals surface area contributed by atoms with E-state index in [4.69, 9.17) is 4.98 Å². The number of hydrogen-bond acceptors (Lipinski definition) is 5. The Hall–Kier alpha value is -1.92. The second-order valence-electron chi connectivity index (χ2n) is 6.54. The van der Waals surface area contributed by atoms with E-state index in [0.29, 0.717) is 11.8 Å². The van der Waals surface area contributed by atoms with Crippen molar-refractivity contribution in [2.75, 3.05) is 5.75 Å². The first kappa shape index (κ1) is 17.5. The number of aromatic nitrogens is 2. The van der Waals surface area contributed by atoms with Crippen LogP contribution in [0, 0.1) is 0 Å². The standard InChI is InChI=1S/C20H21N3OS2/c24-18(21-14-7-2-1-3-8-14)13-26-20-15-9-4-5-10-16(15)22-19(23-20)17-11-6-12-25-17/h4-6,9-12,14H,1-3,7-8,13H2,(H,21,24). The minimum absolute atomic E-state index is 0.0993. The number of rotatable bonds is 5. The molecular formula is C20H21N3OS2. The van der Waals surface area contributed by atoms with Crippen LogP contribution >= 0.6 is 23.1 Å². The fraction of sp³-hybridized carbons (Fsp3) is 0.350. The highest BCUT2D eigenvalue weighted by molar-refractivity contribution is 8.00. The summed E-state index contributed by atoms with van der Waals surface area (Å²) in [4.78, 5) is 22.8. The summed E-state index contributed by atoms with van der Waals surface area (Å²) < 4.78 is 0. The van der Waals surface area contributed by atoms with Crippen molar-refractivity contribution in [2.45, 2.75) is 43.2 Å². The van der Waals surface area contributed by atoms with Gasteiger partial charge in [0.15, 0.2) is 5.82 Å². The summed E-state index contributed by atoms with van der Waals surface area (Å²) in [5.74, 6) is 1.22.